The van der Waals surface area contributed by atoms with E-state index in [1.54, 1.807) is 6.07 Å². The molecule has 2 nitrogen and oxygen atoms in total. The molecule has 0 aromatic heterocycles. The van der Waals surface area contributed by atoms with Gasteiger partial charge in [-0.05, 0) is 31.4 Å². The molecule has 4 heteroatoms. The van der Waals surface area contributed by atoms with Gasteiger partial charge in [-0.3, -0.25) is 0 Å². The standard InChI is InChI=1S/C13H20ClNOS/c1-10(7-8-17-2)15-9-13(16)11-5-3-4-6-12(11)14/h3-6,10,13,15-16H,7-9H2,1-2H3. The summed E-state index contributed by atoms with van der Waals surface area (Å²) < 4.78 is 0. The highest BCUT2D eigenvalue weighted by atomic mass is 35.5. The van der Waals surface area contributed by atoms with Crippen molar-refractivity contribution in [3.8, 4) is 0 Å². The maximum atomic E-state index is 10.0. The van der Waals surface area contributed by atoms with Crippen molar-refractivity contribution in [2.45, 2.75) is 25.5 Å². The monoisotopic (exact) mass is 273 g/mol. The Kier molecular flexibility index (Phi) is 6.97. The lowest BCUT2D eigenvalue weighted by Crippen LogP contribution is -2.30. The highest BCUT2D eigenvalue weighted by Gasteiger charge is 2.11. The van der Waals surface area contributed by atoms with Gasteiger partial charge in [0.25, 0.3) is 0 Å². The van der Waals surface area contributed by atoms with Gasteiger partial charge in [-0.1, -0.05) is 29.8 Å². The van der Waals surface area contributed by atoms with E-state index < -0.39 is 6.10 Å². The molecule has 2 N–H and O–H groups in total. The van der Waals surface area contributed by atoms with Crippen LogP contribution in [0.15, 0.2) is 24.3 Å². The Bertz CT molecular complexity index is 335. The Morgan fingerprint density at radius 1 is 1.41 bits per heavy atom. The molecule has 0 fully saturated rings. The second-order valence-corrected chi connectivity index (χ2v) is 5.52. The number of halogens is 1. The summed E-state index contributed by atoms with van der Waals surface area (Å²) >= 11 is 7.87. The number of hydrogen-bond donors (Lipinski definition) is 2. The fourth-order valence-electron chi connectivity index (χ4n) is 1.56. The van der Waals surface area contributed by atoms with Crippen molar-refractivity contribution in [2.75, 3.05) is 18.6 Å². The number of aliphatic hydroxyl groups excluding tert-OH is 1. The Hall–Kier alpha value is -0.220. The third-order valence-corrected chi connectivity index (χ3v) is 3.67. The third-order valence-electron chi connectivity index (χ3n) is 2.68. The molecule has 17 heavy (non-hydrogen) atoms. The molecular formula is C13H20ClNOS. The molecular weight excluding hydrogens is 254 g/mol. The van der Waals surface area contributed by atoms with E-state index in [0.717, 1.165) is 17.7 Å². The average Bonchev–Trinajstić information content (AvgIpc) is 2.34. The summed E-state index contributed by atoms with van der Waals surface area (Å²) in [5.41, 5.74) is 0.790. The van der Waals surface area contributed by atoms with Gasteiger partial charge < -0.3 is 10.4 Å². The largest absolute Gasteiger partial charge is 0.387 e. The van der Waals surface area contributed by atoms with E-state index in [4.69, 9.17) is 11.6 Å². The lowest BCUT2D eigenvalue weighted by atomic mass is 10.1. The van der Waals surface area contributed by atoms with Crippen molar-refractivity contribution in [1.82, 2.24) is 5.32 Å². The second kappa shape index (κ2) is 7.98. The maximum Gasteiger partial charge on any atom is 0.0928 e. The number of benzene rings is 1. The van der Waals surface area contributed by atoms with Crippen LogP contribution >= 0.6 is 23.4 Å². The number of aliphatic hydroxyl groups is 1. The summed E-state index contributed by atoms with van der Waals surface area (Å²) in [6, 6.07) is 7.84. The minimum Gasteiger partial charge on any atom is -0.387 e. The van der Waals surface area contributed by atoms with Crippen LogP contribution in [0.5, 0.6) is 0 Å². The molecule has 0 bridgehead atoms. The molecule has 1 aromatic carbocycles. The Labute approximate surface area is 113 Å². The van der Waals surface area contributed by atoms with Crippen molar-refractivity contribution >= 4 is 23.4 Å². The zero-order valence-electron chi connectivity index (χ0n) is 10.3. The van der Waals surface area contributed by atoms with Crippen LogP contribution in [0.2, 0.25) is 5.02 Å². The molecule has 0 saturated heterocycles. The smallest absolute Gasteiger partial charge is 0.0928 e. The molecule has 1 rings (SSSR count). The van der Waals surface area contributed by atoms with Crippen LogP contribution in [0.1, 0.15) is 25.0 Å². The minimum atomic E-state index is -0.541. The lowest BCUT2D eigenvalue weighted by molar-refractivity contribution is 0.170. The van der Waals surface area contributed by atoms with Gasteiger partial charge in [-0.25, -0.2) is 0 Å². The zero-order chi connectivity index (χ0) is 12.7. The predicted octanol–water partition coefficient (Wildman–Crippen LogP) is 3.10. The molecule has 0 saturated carbocycles. The Balaban J connectivity index is 2.39. The SMILES string of the molecule is CSCCC(C)NCC(O)c1ccccc1Cl. The van der Waals surface area contributed by atoms with E-state index in [2.05, 4.69) is 18.5 Å². The topological polar surface area (TPSA) is 32.3 Å². The van der Waals surface area contributed by atoms with Gasteiger partial charge in [0.1, 0.15) is 0 Å². The molecule has 0 aliphatic rings. The summed E-state index contributed by atoms with van der Waals surface area (Å²) in [5, 5.41) is 14.0. The Morgan fingerprint density at radius 3 is 2.76 bits per heavy atom. The number of hydrogen-bond acceptors (Lipinski definition) is 3. The molecule has 1 aromatic rings. The van der Waals surface area contributed by atoms with Gasteiger partial charge in [0.15, 0.2) is 0 Å². The average molecular weight is 274 g/mol. The van der Waals surface area contributed by atoms with Gasteiger partial charge in [0.05, 0.1) is 6.10 Å². The van der Waals surface area contributed by atoms with Crippen LogP contribution in [-0.4, -0.2) is 29.7 Å². The summed E-state index contributed by atoms with van der Waals surface area (Å²) in [6.07, 6.45) is 2.67. The molecule has 0 spiro atoms. The minimum absolute atomic E-state index is 0.416. The number of nitrogens with one attached hydrogen (secondary N) is 1. The van der Waals surface area contributed by atoms with Crippen LogP contribution < -0.4 is 5.32 Å². The predicted molar refractivity (Wildman–Crippen MR) is 76.9 cm³/mol. The lowest BCUT2D eigenvalue weighted by Gasteiger charge is -2.17. The van der Waals surface area contributed by atoms with Crippen LogP contribution in [0.4, 0.5) is 0 Å². The normalized spacial score (nSPS) is 14.6. The highest BCUT2D eigenvalue weighted by molar-refractivity contribution is 7.98. The first kappa shape index (κ1) is 14.8. The van der Waals surface area contributed by atoms with Crippen LogP contribution in [0, 0.1) is 0 Å². The van der Waals surface area contributed by atoms with E-state index in [1.165, 1.54) is 0 Å². The first-order valence-corrected chi connectivity index (χ1v) is 7.57. The molecule has 0 amide bonds. The third kappa shape index (κ3) is 5.30. The van der Waals surface area contributed by atoms with E-state index >= 15 is 0 Å². The fourth-order valence-corrected chi connectivity index (χ4v) is 2.42. The summed E-state index contributed by atoms with van der Waals surface area (Å²) in [7, 11) is 0. The van der Waals surface area contributed by atoms with Crippen LogP contribution in [0.25, 0.3) is 0 Å². The van der Waals surface area contributed by atoms with E-state index in [9.17, 15) is 5.11 Å². The van der Waals surface area contributed by atoms with E-state index in [1.807, 2.05) is 30.0 Å². The van der Waals surface area contributed by atoms with E-state index in [0.29, 0.717) is 17.6 Å². The van der Waals surface area contributed by atoms with Crippen LogP contribution in [0.3, 0.4) is 0 Å². The molecule has 0 heterocycles. The van der Waals surface area contributed by atoms with Gasteiger partial charge in [0.2, 0.25) is 0 Å². The van der Waals surface area contributed by atoms with Gasteiger partial charge in [0, 0.05) is 23.2 Å². The number of rotatable bonds is 7. The molecule has 2 atom stereocenters. The van der Waals surface area contributed by atoms with Crippen molar-refractivity contribution in [1.29, 1.82) is 0 Å². The van der Waals surface area contributed by atoms with Crippen molar-refractivity contribution < 1.29 is 5.11 Å². The number of thioether (sulfide) groups is 1. The van der Waals surface area contributed by atoms with Gasteiger partial charge in [-0.2, -0.15) is 11.8 Å². The molecule has 96 valence electrons. The second-order valence-electron chi connectivity index (χ2n) is 4.13. The fraction of sp³-hybridized carbons (Fsp3) is 0.538. The van der Waals surface area contributed by atoms with Crippen molar-refractivity contribution in [3.05, 3.63) is 34.9 Å². The Morgan fingerprint density at radius 2 is 2.12 bits per heavy atom. The van der Waals surface area contributed by atoms with Gasteiger partial charge in [-0.15, -0.1) is 0 Å². The quantitative estimate of drug-likeness (QED) is 0.801. The first-order chi connectivity index (χ1) is 8.15. The molecule has 0 radical (unpaired) electrons. The first-order valence-electron chi connectivity index (χ1n) is 5.80. The van der Waals surface area contributed by atoms with E-state index in [-0.39, 0.29) is 0 Å². The molecule has 2 unspecified atom stereocenters. The zero-order valence-corrected chi connectivity index (χ0v) is 11.9. The molecule has 0 aliphatic carbocycles. The summed E-state index contributed by atoms with van der Waals surface area (Å²) in [5.74, 6) is 1.14. The van der Waals surface area contributed by atoms with Crippen molar-refractivity contribution in [3.63, 3.8) is 0 Å². The van der Waals surface area contributed by atoms with Crippen LogP contribution in [-0.2, 0) is 0 Å². The van der Waals surface area contributed by atoms with Gasteiger partial charge >= 0.3 is 0 Å². The highest BCUT2D eigenvalue weighted by Crippen LogP contribution is 2.21. The molecule has 0 aliphatic heterocycles. The maximum absolute atomic E-state index is 10.0. The van der Waals surface area contributed by atoms with Crippen molar-refractivity contribution in [2.24, 2.45) is 0 Å². The summed E-state index contributed by atoms with van der Waals surface area (Å²) in [6.45, 7) is 2.68. The summed E-state index contributed by atoms with van der Waals surface area (Å²) in [4.78, 5) is 0.